The maximum absolute atomic E-state index is 11.6. The summed E-state index contributed by atoms with van der Waals surface area (Å²) in [7, 11) is 0. The van der Waals surface area contributed by atoms with E-state index in [0.29, 0.717) is 19.2 Å². The quantitative estimate of drug-likeness (QED) is 0.476. The average Bonchev–Trinajstić information content (AvgIpc) is 2.49. The monoisotopic (exact) mass is 344 g/mol. The standard InChI is InChI=1S/C19H40N2O3/c1-15(2)18(22)21-14-17(5)19(6,7)24-13-9-12-23-11-8-10-20-16(3)4/h15-17,20H,8-14H2,1-7H3,(H,21,22). The SMILES string of the molecule is CC(C)NCCCOCCCOC(C)(C)C(C)CNC(=O)C(C)C. The van der Waals surface area contributed by atoms with Crippen LogP contribution in [0.5, 0.6) is 0 Å². The van der Waals surface area contributed by atoms with Gasteiger partial charge in [-0.25, -0.2) is 0 Å². The highest BCUT2D eigenvalue weighted by Crippen LogP contribution is 2.20. The molecule has 0 radical (unpaired) electrons. The molecule has 0 saturated carbocycles. The predicted octanol–water partition coefficient (Wildman–Crippen LogP) is 2.98. The second-order valence-corrected chi connectivity index (χ2v) is 7.68. The number of hydrogen-bond acceptors (Lipinski definition) is 4. The summed E-state index contributed by atoms with van der Waals surface area (Å²) < 4.78 is 11.6. The molecule has 0 heterocycles. The summed E-state index contributed by atoms with van der Waals surface area (Å²) >= 11 is 0. The van der Waals surface area contributed by atoms with E-state index in [1.807, 2.05) is 13.8 Å². The van der Waals surface area contributed by atoms with Gasteiger partial charge in [-0.15, -0.1) is 0 Å². The van der Waals surface area contributed by atoms with Crippen molar-refractivity contribution >= 4 is 5.91 Å². The highest BCUT2D eigenvalue weighted by molar-refractivity contribution is 5.77. The highest BCUT2D eigenvalue weighted by atomic mass is 16.5. The van der Waals surface area contributed by atoms with E-state index in [4.69, 9.17) is 9.47 Å². The van der Waals surface area contributed by atoms with Crippen molar-refractivity contribution in [3.05, 3.63) is 0 Å². The van der Waals surface area contributed by atoms with Crippen LogP contribution in [0.1, 0.15) is 61.3 Å². The third-order valence-electron chi connectivity index (χ3n) is 4.22. The van der Waals surface area contributed by atoms with Crippen LogP contribution in [0.3, 0.4) is 0 Å². The molecule has 0 aliphatic carbocycles. The molecular formula is C19H40N2O3. The number of amides is 1. The van der Waals surface area contributed by atoms with Gasteiger partial charge >= 0.3 is 0 Å². The molecule has 0 aromatic carbocycles. The number of nitrogens with one attached hydrogen (secondary N) is 2. The second-order valence-electron chi connectivity index (χ2n) is 7.68. The molecule has 0 saturated heterocycles. The molecule has 24 heavy (non-hydrogen) atoms. The van der Waals surface area contributed by atoms with Crippen LogP contribution < -0.4 is 10.6 Å². The highest BCUT2D eigenvalue weighted by Gasteiger charge is 2.27. The summed E-state index contributed by atoms with van der Waals surface area (Å²) in [6, 6.07) is 0.535. The summed E-state index contributed by atoms with van der Waals surface area (Å²) in [5.41, 5.74) is -0.258. The van der Waals surface area contributed by atoms with Crippen molar-refractivity contribution in [2.75, 3.05) is 32.9 Å². The summed E-state index contributed by atoms with van der Waals surface area (Å²) in [4.78, 5) is 11.6. The molecule has 0 spiro atoms. The Balaban J connectivity index is 3.70. The maximum atomic E-state index is 11.6. The molecule has 144 valence electrons. The smallest absolute Gasteiger partial charge is 0.222 e. The number of ether oxygens (including phenoxy) is 2. The van der Waals surface area contributed by atoms with E-state index >= 15 is 0 Å². The lowest BCUT2D eigenvalue weighted by atomic mass is 9.92. The van der Waals surface area contributed by atoms with Crippen molar-refractivity contribution in [1.29, 1.82) is 0 Å². The van der Waals surface area contributed by atoms with E-state index in [1.54, 1.807) is 0 Å². The molecule has 0 fully saturated rings. The first-order chi connectivity index (χ1) is 11.2. The molecule has 0 rings (SSSR count). The molecule has 0 bridgehead atoms. The first-order valence-corrected chi connectivity index (χ1v) is 9.39. The Hall–Kier alpha value is -0.650. The first kappa shape index (κ1) is 23.4. The van der Waals surface area contributed by atoms with Gasteiger partial charge in [-0.3, -0.25) is 4.79 Å². The van der Waals surface area contributed by atoms with Gasteiger partial charge in [0.2, 0.25) is 5.91 Å². The Kier molecular flexibility index (Phi) is 12.3. The zero-order chi connectivity index (χ0) is 18.6. The van der Waals surface area contributed by atoms with Gasteiger partial charge in [0, 0.05) is 44.2 Å². The Labute approximate surface area is 149 Å². The van der Waals surface area contributed by atoms with Crippen LogP contribution in [0.2, 0.25) is 0 Å². The van der Waals surface area contributed by atoms with Gasteiger partial charge in [0.05, 0.1) is 5.60 Å². The fraction of sp³-hybridized carbons (Fsp3) is 0.947. The predicted molar refractivity (Wildman–Crippen MR) is 100 cm³/mol. The van der Waals surface area contributed by atoms with E-state index in [9.17, 15) is 4.79 Å². The van der Waals surface area contributed by atoms with Crippen molar-refractivity contribution in [2.24, 2.45) is 11.8 Å². The molecule has 5 nitrogen and oxygen atoms in total. The van der Waals surface area contributed by atoms with Crippen LogP contribution in [0.25, 0.3) is 0 Å². The third-order valence-corrected chi connectivity index (χ3v) is 4.22. The van der Waals surface area contributed by atoms with Gasteiger partial charge in [0.25, 0.3) is 0 Å². The molecule has 1 amide bonds. The van der Waals surface area contributed by atoms with E-state index in [-0.39, 0.29) is 23.3 Å². The van der Waals surface area contributed by atoms with Crippen molar-refractivity contribution in [3.63, 3.8) is 0 Å². The van der Waals surface area contributed by atoms with E-state index in [2.05, 4.69) is 45.3 Å². The molecule has 2 N–H and O–H groups in total. The fourth-order valence-electron chi connectivity index (χ4n) is 2.01. The van der Waals surface area contributed by atoms with Gasteiger partial charge in [0.1, 0.15) is 0 Å². The summed E-state index contributed by atoms with van der Waals surface area (Å²) in [5, 5.41) is 6.35. The Bertz CT molecular complexity index is 331. The van der Waals surface area contributed by atoms with Gasteiger partial charge in [-0.05, 0) is 33.2 Å². The molecule has 0 aromatic heterocycles. The summed E-state index contributed by atoms with van der Waals surface area (Å²) in [5.74, 6) is 0.371. The molecule has 5 heteroatoms. The molecular weight excluding hydrogens is 304 g/mol. The Morgan fingerprint density at radius 1 is 1.00 bits per heavy atom. The number of hydrogen-bond donors (Lipinski definition) is 2. The van der Waals surface area contributed by atoms with E-state index < -0.39 is 0 Å². The first-order valence-electron chi connectivity index (χ1n) is 9.39. The molecule has 1 atom stereocenters. The second kappa shape index (κ2) is 12.7. The zero-order valence-corrected chi connectivity index (χ0v) is 16.9. The van der Waals surface area contributed by atoms with Crippen molar-refractivity contribution in [2.45, 2.75) is 73.0 Å². The van der Waals surface area contributed by atoms with Crippen molar-refractivity contribution in [3.8, 4) is 0 Å². The van der Waals surface area contributed by atoms with Crippen LogP contribution in [0.15, 0.2) is 0 Å². The van der Waals surface area contributed by atoms with Crippen LogP contribution in [0.4, 0.5) is 0 Å². The van der Waals surface area contributed by atoms with Gasteiger partial charge in [0.15, 0.2) is 0 Å². The molecule has 0 aliphatic heterocycles. The fourth-order valence-corrected chi connectivity index (χ4v) is 2.01. The van der Waals surface area contributed by atoms with Gasteiger partial charge < -0.3 is 20.1 Å². The van der Waals surface area contributed by atoms with Crippen molar-refractivity contribution < 1.29 is 14.3 Å². The van der Waals surface area contributed by atoms with E-state index in [1.165, 1.54) is 0 Å². The lowest BCUT2D eigenvalue weighted by Crippen LogP contribution is -2.42. The third kappa shape index (κ3) is 11.8. The lowest BCUT2D eigenvalue weighted by Gasteiger charge is -2.32. The summed E-state index contributed by atoms with van der Waals surface area (Å²) in [6.45, 7) is 18.2. The number of carbonyl (C=O) groups is 1. The molecule has 0 aromatic rings. The Morgan fingerprint density at radius 3 is 2.21 bits per heavy atom. The molecule has 1 unspecified atom stereocenters. The van der Waals surface area contributed by atoms with Crippen molar-refractivity contribution in [1.82, 2.24) is 10.6 Å². The van der Waals surface area contributed by atoms with Gasteiger partial charge in [-0.1, -0.05) is 34.6 Å². The largest absolute Gasteiger partial charge is 0.381 e. The molecule has 0 aliphatic rings. The topological polar surface area (TPSA) is 59.6 Å². The number of carbonyl (C=O) groups excluding carboxylic acids is 1. The minimum Gasteiger partial charge on any atom is -0.381 e. The van der Waals surface area contributed by atoms with Crippen LogP contribution in [-0.4, -0.2) is 50.5 Å². The van der Waals surface area contributed by atoms with E-state index in [0.717, 1.165) is 32.6 Å². The minimum absolute atomic E-state index is 0.0223. The normalized spacial score (nSPS) is 13.5. The summed E-state index contributed by atoms with van der Waals surface area (Å²) in [6.07, 6.45) is 1.93. The van der Waals surface area contributed by atoms with Crippen LogP contribution in [-0.2, 0) is 14.3 Å². The number of rotatable bonds is 14. The van der Waals surface area contributed by atoms with Crippen LogP contribution >= 0.6 is 0 Å². The zero-order valence-electron chi connectivity index (χ0n) is 16.9. The maximum Gasteiger partial charge on any atom is 0.222 e. The van der Waals surface area contributed by atoms with Crippen LogP contribution in [0, 0.1) is 11.8 Å². The Morgan fingerprint density at radius 2 is 1.62 bits per heavy atom. The van der Waals surface area contributed by atoms with Gasteiger partial charge in [-0.2, -0.15) is 0 Å². The minimum atomic E-state index is -0.258. The lowest BCUT2D eigenvalue weighted by molar-refractivity contribution is -0.124. The average molecular weight is 345 g/mol.